The predicted octanol–water partition coefficient (Wildman–Crippen LogP) is 2.94. The summed E-state index contributed by atoms with van der Waals surface area (Å²) >= 11 is 5.88. The molecule has 0 bridgehead atoms. The number of carbonyl (C=O) groups excluding carboxylic acids is 1. The number of benzene rings is 1. The summed E-state index contributed by atoms with van der Waals surface area (Å²) in [6, 6.07) is 4.17. The topological polar surface area (TPSA) is 81.5 Å². The summed E-state index contributed by atoms with van der Waals surface area (Å²) in [5, 5.41) is 13.3. The molecule has 0 radical (unpaired) electrons. The first-order valence-electron chi connectivity index (χ1n) is 6.92. The lowest BCUT2D eigenvalue weighted by Gasteiger charge is -2.11. The fourth-order valence-corrected chi connectivity index (χ4v) is 2.66. The van der Waals surface area contributed by atoms with Crippen LogP contribution in [0.4, 0.5) is 5.69 Å². The SMILES string of the molecule is O=C(NCCOC1CCCC1)c1cccc([N+](=O)[O-])c1Cl. The zero-order chi connectivity index (χ0) is 15.2. The van der Waals surface area contributed by atoms with Gasteiger partial charge < -0.3 is 10.1 Å². The maximum atomic E-state index is 12.0. The fourth-order valence-electron chi connectivity index (χ4n) is 2.38. The molecule has 0 saturated heterocycles. The Morgan fingerprint density at radius 2 is 2.14 bits per heavy atom. The molecule has 114 valence electrons. The molecule has 0 spiro atoms. The second-order valence-electron chi connectivity index (χ2n) is 4.93. The van der Waals surface area contributed by atoms with E-state index in [4.69, 9.17) is 16.3 Å². The average molecular weight is 313 g/mol. The van der Waals surface area contributed by atoms with Crippen LogP contribution in [-0.2, 0) is 4.74 Å². The van der Waals surface area contributed by atoms with Crippen molar-refractivity contribution in [3.8, 4) is 0 Å². The minimum atomic E-state index is -0.609. The van der Waals surface area contributed by atoms with Gasteiger partial charge in [-0.05, 0) is 18.9 Å². The molecule has 2 rings (SSSR count). The maximum Gasteiger partial charge on any atom is 0.288 e. The van der Waals surface area contributed by atoms with Gasteiger partial charge in [-0.25, -0.2) is 0 Å². The van der Waals surface area contributed by atoms with Crippen LogP contribution >= 0.6 is 11.6 Å². The Balaban J connectivity index is 1.85. The van der Waals surface area contributed by atoms with E-state index in [1.54, 1.807) is 0 Å². The number of ether oxygens (including phenoxy) is 1. The van der Waals surface area contributed by atoms with E-state index in [2.05, 4.69) is 5.32 Å². The molecule has 21 heavy (non-hydrogen) atoms. The van der Waals surface area contributed by atoms with Gasteiger partial charge in [0.1, 0.15) is 5.02 Å². The normalized spacial score (nSPS) is 15.1. The minimum absolute atomic E-state index is 0.103. The maximum absolute atomic E-state index is 12.0. The van der Waals surface area contributed by atoms with Crippen molar-refractivity contribution in [3.63, 3.8) is 0 Å². The number of nitrogens with one attached hydrogen (secondary N) is 1. The van der Waals surface area contributed by atoms with Crippen LogP contribution in [0.25, 0.3) is 0 Å². The number of nitro groups is 1. The number of nitro benzene ring substituents is 1. The molecule has 1 aliphatic carbocycles. The molecule has 7 heteroatoms. The van der Waals surface area contributed by atoms with Crippen molar-refractivity contribution in [2.45, 2.75) is 31.8 Å². The van der Waals surface area contributed by atoms with Crippen molar-refractivity contribution in [2.24, 2.45) is 0 Å². The van der Waals surface area contributed by atoms with Crippen molar-refractivity contribution in [1.82, 2.24) is 5.32 Å². The first-order valence-corrected chi connectivity index (χ1v) is 7.30. The Hall–Kier alpha value is -1.66. The Morgan fingerprint density at radius 1 is 1.43 bits per heavy atom. The highest BCUT2D eigenvalue weighted by Gasteiger charge is 2.20. The van der Waals surface area contributed by atoms with Gasteiger partial charge in [0.15, 0.2) is 0 Å². The van der Waals surface area contributed by atoms with E-state index in [0.717, 1.165) is 12.8 Å². The van der Waals surface area contributed by atoms with Crippen LogP contribution in [-0.4, -0.2) is 30.1 Å². The molecule has 1 N–H and O–H groups in total. The second-order valence-corrected chi connectivity index (χ2v) is 5.31. The van der Waals surface area contributed by atoms with Gasteiger partial charge in [-0.15, -0.1) is 0 Å². The number of halogens is 1. The van der Waals surface area contributed by atoms with Gasteiger partial charge in [-0.3, -0.25) is 14.9 Å². The number of rotatable bonds is 6. The molecular formula is C14H17ClN2O4. The molecule has 0 aliphatic heterocycles. The summed E-state index contributed by atoms with van der Waals surface area (Å²) in [5.41, 5.74) is -0.168. The highest BCUT2D eigenvalue weighted by atomic mass is 35.5. The van der Waals surface area contributed by atoms with Gasteiger partial charge in [0.2, 0.25) is 0 Å². The van der Waals surface area contributed by atoms with Crippen LogP contribution in [0.5, 0.6) is 0 Å². The number of hydrogen-bond donors (Lipinski definition) is 1. The molecule has 1 aromatic carbocycles. The first-order chi connectivity index (χ1) is 10.1. The molecule has 6 nitrogen and oxygen atoms in total. The van der Waals surface area contributed by atoms with Crippen LogP contribution in [0.1, 0.15) is 36.0 Å². The first kappa shape index (κ1) is 15.7. The number of nitrogens with zero attached hydrogens (tertiary/aromatic N) is 1. The van der Waals surface area contributed by atoms with Gasteiger partial charge in [-0.2, -0.15) is 0 Å². The van der Waals surface area contributed by atoms with Gasteiger partial charge in [0, 0.05) is 12.6 Å². The minimum Gasteiger partial charge on any atom is -0.376 e. The molecule has 1 saturated carbocycles. The quantitative estimate of drug-likeness (QED) is 0.497. The Bertz CT molecular complexity index is 530. The Kier molecular flexibility index (Phi) is 5.52. The highest BCUT2D eigenvalue weighted by Crippen LogP contribution is 2.27. The van der Waals surface area contributed by atoms with Crippen molar-refractivity contribution in [1.29, 1.82) is 0 Å². The smallest absolute Gasteiger partial charge is 0.288 e. The zero-order valence-electron chi connectivity index (χ0n) is 11.5. The highest BCUT2D eigenvalue weighted by molar-refractivity contribution is 6.35. The summed E-state index contributed by atoms with van der Waals surface area (Å²) in [7, 11) is 0. The van der Waals surface area contributed by atoms with Crippen LogP contribution < -0.4 is 5.32 Å². The summed E-state index contributed by atoms with van der Waals surface area (Å²) in [5.74, 6) is -0.432. The molecule has 1 aliphatic rings. The van der Waals surface area contributed by atoms with E-state index in [1.807, 2.05) is 0 Å². The van der Waals surface area contributed by atoms with Gasteiger partial charge in [-0.1, -0.05) is 30.5 Å². The Morgan fingerprint density at radius 3 is 2.81 bits per heavy atom. The molecule has 0 atom stereocenters. The second kappa shape index (κ2) is 7.38. The van der Waals surface area contributed by atoms with E-state index in [0.29, 0.717) is 19.3 Å². The standard InChI is InChI=1S/C14H17ClN2O4/c15-13-11(6-3-7-12(13)17(19)20)14(18)16-8-9-21-10-4-1-2-5-10/h3,6-7,10H,1-2,4-5,8-9H2,(H,16,18). The lowest BCUT2D eigenvalue weighted by Crippen LogP contribution is -2.28. The summed E-state index contributed by atoms with van der Waals surface area (Å²) in [4.78, 5) is 22.1. The zero-order valence-corrected chi connectivity index (χ0v) is 12.3. The van der Waals surface area contributed by atoms with E-state index < -0.39 is 10.8 Å². The molecule has 1 amide bonds. The van der Waals surface area contributed by atoms with Gasteiger partial charge in [0.25, 0.3) is 11.6 Å². The van der Waals surface area contributed by atoms with E-state index in [-0.39, 0.29) is 16.3 Å². The Labute approximate surface area is 127 Å². The number of amides is 1. The van der Waals surface area contributed by atoms with Gasteiger partial charge in [0.05, 0.1) is 23.2 Å². The molecule has 1 fully saturated rings. The third-order valence-electron chi connectivity index (χ3n) is 3.46. The predicted molar refractivity (Wildman–Crippen MR) is 78.6 cm³/mol. The van der Waals surface area contributed by atoms with Crippen molar-refractivity contribution in [3.05, 3.63) is 38.9 Å². The van der Waals surface area contributed by atoms with E-state index in [1.165, 1.54) is 31.0 Å². The lowest BCUT2D eigenvalue weighted by atomic mass is 10.2. The third kappa shape index (κ3) is 4.15. The molecular weight excluding hydrogens is 296 g/mol. The molecule has 0 unspecified atom stereocenters. The molecule has 0 aromatic heterocycles. The van der Waals surface area contributed by atoms with Crippen molar-refractivity contribution in [2.75, 3.05) is 13.2 Å². The lowest BCUT2D eigenvalue weighted by molar-refractivity contribution is -0.384. The number of carbonyl (C=O) groups is 1. The molecule has 0 heterocycles. The van der Waals surface area contributed by atoms with Crippen LogP contribution in [0.3, 0.4) is 0 Å². The van der Waals surface area contributed by atoms with Crippen LogP contribution in [0, 0.1) is 10.1 Å². The summed E-state index contributed by atoms with van der Waals surface area (Å²) in [6.45, 7) is 0.789. The summed E-state index contributed by atoms with van der Waals surface area (Å²) < 4.78 is 5.63. The van der Waals surface area contributed by atoms with Crippen molar-refractivity contribution < 1.29 is 14.5 Å². The monoisotopic (exact) mass is 312 g/mol. The average Bonchev–Trinajstić information content (AvgIpc) is 2.96. The van der Waals surface area contributed by atoms with Crippen LogP contribution in [0.2, 0.25) is 5.02 Å². The largest absolute Gasteiger partial charge is 0.376 e. The van der Waals surface area contributed by atoms with E-state index >= 15 is 0 Å². The van der Waals surface area contributed by atoms with Crippen LogP contribution in [0.15, 0.2) is 18.2 Å². The van der Waals surface area contributed by atoms with Crippen molar-refractivity contribution >= 4 is 23.2 Å². The molecule has 1 aromatic rings. The summed E-state index contributed by atoms with van der Waals surface area (Å²) in [6.07, 6.45) is 4.83. The third-order valence-corrected chi connectivity index (χ3v) is 3.86. The van der Waals surface area contributed by atoms with Gasteiger partial charge >= 0.3 is 0 Å². The van der Waals surface area contributed by atoms with E-state index in [9.17, 15) is 14.9 Å². The number of hydrogen-bond acceptors (Lipinski definition) is 4. The fraction of sp³-hybridized carbons (Fsp3) is 0.500.